The second kappa shape index (κ2) is 3.09. The highest BCUT2D eigenvalue weighted by Crippen LogP contribution is 2.57. The second-order valence-electron chi connectivity index (χ2n) is 4.82. The molecular weight excluding hydrogens is 178 g/mol. The summed E-state index contributed by atoms with van der Waals surface area (Å²) in [7, 11) is 0. The first-order chi connectivity index (χ1) is 6.54. The monoisotopic (exact) mass is 195 g/mol. The fourth-order valence-electron chi connectivity index (χ4n) is 2.62. The number of hydrogen-bond acceptors (Lipinski definition) is 2. The van der Waals surface area contributed by atoms with Gasteiger partial charge in [-0.05, 0) is 32.2 Å². The Morgan fingerprint density at radius 2 is 2.43 bits per heavy atom. The molecule has 0 aromatic rings. The minimum Gasteiger partial charge on any atom is -0.481 e. The zero-order valence-corrected chi connectivity index (χ0v) is 8.62. The van der Waals surface area contributed by atoms with Crippen molar-refractivity contribution < 1.29 is 9.90 Å². The lowest BCUT2D eigenvalue weighted by Gasteiger charge is -2.30. The van der Waals surface area contributed by atoms with Crippen LogP contribution in [0.3, 0.4) is 0 Å². The van der Waals surface area contributed by atoms with E-state index in [-0.39, 0.29) is 0 Å². The Balaban J connectivity index is 2.00. The predicted molar refractivity (Wildman–Crippen MR) is 54.0 cm³/mol. The molecule has 3 nitrogen and oxygen atoms in total. The van der Waals surface area contributed by atoms with Crippen LogP contribution >= 0.6 is 0 Å². The number of hydrogen-bond donors (Lipinski definition) is 1. The largest absolute Gasteiger partial charge is 0.481 e. The average molecular weight is 195 g/mol. The Labute approximate surface area is 84.4 Å². The molecule has 1 heterocycles. The van der Waals surface area contributed by atoms with Crippen LogP contribution in [-0.4, -0.2) is 35.6 Å². The van der Waals surface area contributed by atoms with Crippen molar-refractivity contribution in [3.8, 4) is 0 Å². The van der Waals surface area contributed by atoms with Crippen LogP contribution in [0.1, 0.15) is 19.8 Å². The number of fused-ring (bicyclic) bond motifs is 1. The van der Waals surface area contributed by atoms with Crippen molar-refractivity contribution in [3.63, 3.8) is 0 Å². The first kappa shape index (κ1) is 9.71. The summed E-state index contributed by atoms with van der Waals surface area (Å²) in [5, 5.41) is 9.14. The van der Waals surface area contributed by atoms with Crippen LogP contribution in [0.15, 0.2) is 12.2 Å². The number of carboxylic acid groups (broad SMARTS) is 1. The highest BCUT2D eigenvalue weighted by Gasteiger charge is 2.62. The minimum absolute atomic E-state index is 0.395. The van der Waals surface area contributed by atoms with Crippen molar-refractivity contribution in [1.29, 1.82) is 0 Å². The Kier molecular flexibility index (Phi) is 2.14. The van der Waals surface area contributed by atoms with Crippen molar-refractivity contribution in [1.82, 2.24) is 4.90 Å². The van der Waals surface area contributed by atoms with E-state index in [1.807, 2.05) is 6.92 Å². The predicted octanol–water partition coefficient (Wildman–Crippen LogP) is 1.36. The highest BCUT2D eigenvalue weighted by molar-refractivity contribution is 5.79. The molecule has 1 N–H and O–H groups in total. The molecule has 2 atom stereocenters. The molecule has 0 radical (unpaired) electrons. The van der Waals surface area contributed by atoms with E-state index in [9.17, 15) is 4.79 Å². The van der Waals surface area contributed by atoms with Gasteiger partial charge in [0.1, 0.15) is 0 Å². The van der Waals surface area contributed by atoms with Gasteiger partial charge in [-0.3, -0.25) is 9.69 Å². The van der Waals surface area contributed by atoms with E-state index in [0.29, 0.717) is 5.92 Å². The summed E-state index contributed by atoms with van der Waals surface area (Å²) in [5.41, 5.74) is 0.720. The molecule has 1 saturated heterocycles. The molecule has 2 rings (SSSR count). The second-order valence-corrected chi connectivity index (χ2v) is 4.82. The maximum atomic E-state index is 11.1. The number of nitrogens with zero attached hydrogens (tertiary/aromatic N) is 1. The molecular formula is C11H17NO2. The van der Waals surface area contributed by atoms with Gasteiger partial charge in [-0.1, -0.05) is 12.2 Å². The van der Waals surface area contributed by atoms with Gasteiger partial charge in [-0.2, -0.15) is 0 Å². The maximum absolute atomic E-state index is 11.1. The maximum Gasteiger partial charge on any atom is 0.311 e. The van der Waals surface area contributed by atoms with Gasteiger partial charge in [-0.15, -0.1) is 0 Å². The first-order valence-electron chi connectivity index (χ1n) is 5.15. The van der Waals surface area contributed by atoms with E-state index in [1.54, 1.807) is 0 Å². The number of carbonyl (C=O) groups is 1. The lowest BCUT2D eigenvalue weighted by atomic mass is 9.97. The van der Waals surface area contributed by atoms with Crippen molar-refractivity contribution >= 4 is 5.97 Å². The number of likely N-dealkylation sites (tertiary alicyclic amines) is 1. The molecule has 2 aliphatic rings. The molecule has 1 aliphatic carbocycles. The third-order valence-corrected chi connectivity index (χ3v) is 3.45. The van der Waals surface area contributed by atoms with Gasteiger partial charge in [0.05, 0.1) is 5.41 Å². The van der Waals surface area contributed by atoms with Gasteiger partial charge >= 0.3 is 5.97 Å². The zero-order valence-electron chi connectivity index (χ0n) is 8.62. The standard InChI is InChI=1S/C11H17NO2/c1-8(2)6-12-4-3-9-5-11(9,7-12)10(13)14/h9H,1,3-7H2,2H3,(H,13,14). The highest BCUT2D eigenvalue weighted by atomic mass is 16.4. The van der Waals surface area contributed by atoms with Crippen LogP contribution in [0.2, 0.25) is 0 Å². The molecule has 0 spiro atoms. The van der Waals surface area contributed by atoms with E-state index in [2.05, 4.69) is 11.5 Å². The van der Waals surface area contributed by atoms with Crippen molar-refractivity contribution in [3.05, 3.63) is 12.2 Å². The molecule has 2 unspecified atom stereocenters. The Hall–Kier alpha value is -0.830. The average Bonchev–Trinajstić information content (AvgIpc) is 2.77. The van der Waals surface area contributed by atoms with Crippen LogP contribution < -0.4 is 0 Å². The quantitative estimate of drug-likeness (QED) is 0.691. The molecule has 78 valence electrons. The first-order valence-corrected chi connectivity index (χ1v) is 5.15. The van der Waals surface area contributed by atoms with Gasteiger partial charge < -0.3 is 5.11 Å². The van der Waals surface area contributed by atoms with E-state index >= 15 is 0 Å². The summed E-state index contributed by atoms with van der Waals surface area (Å²) in [4.78, 5) is 13.3. The molecule has 2 fully saturated rings. The van der Waals surface area contributed by atoms with Gasteiger partial charge in [0.25, 0.3) is 0 Å². The lowest BCUT2D eigenvalue weighted by molar-refractivity contribution is -0.145. The molecule has 0 bridgehead atoms. The fourth-order valence-corrected chi connectivity index (χ4v) is 2.62. The van der Waals surface area contributed by atoms with Crippen molar-refractivity contribution in [2.45, 2.75) is 19.8 Å². The third kappa shape index (κ3) is 1.46. The zero-order chi connectivity index (χ0) is 10.3. The van der Waals surface area contributed by atoms with Crippen LogP contribution in [0.25, 0.3) is 0 Å². The Morgan fingerprint density at radius 1 is 1.71 bits per heavy atom. The van der Waals surface area contributed by atoms with E-state index in [1.165, 1.54) is 0 Å². The SMILES string of the molecule is C=C(C)CN1CCC2CC2(C(=O)O)C1. The molecule has 1 aliphatic heterocycles. The number of piperidine rings is 1. The molecule has 0 aromatic carbocycles. The summed E-state index contributed by atoms with van der Waals surface area (Å²) >= 11 is 0. The van der Waals surface area contributed by atoms with Crippen molar-refractivity contribution in [2.75, 3.05) is 19.6 Å². The van der Waals surface area contributed by atoms with Crippen LogP contribution in [-0.2, 0) is 4.79 Å². The normalized spacial score (nSPS) is 36.2. The van der Waals surface area contributed by atoms with E-state index < -0.39 is 11.4 Å². The van der Waals surface area contributed by atoms with Gasteiger partial charge in [0.15, 0.2) is 0 Å². The van der Waals surface area contributed by atoms with E-state index in [4.69, 9.17) is 5.11 Å². The molecule has 1 saturated carbocycles. The summed E-state index contributed by atoms with van der Waals surface area (Å²) in [6.07, 6.45) is 1.93. The fraction of sp³-hybridized carbons (Fsp3) is 0.727. The van der Waals surface area contributed by atoms with Crippen LogP contribution in [0, 0.1) is 11.3 Å². The molecule has 0 amide bonds. The van der Waals surface area contributed by atoms with Gasteiger partial charge in [-0.25, -0.2) is 0 Å². The molecule has 14 heavy (non-hydrogen) atoms. The summed E-state index contributed by atoms with van der Waals surface area (Å²) in [6, 6.07) is 0. The van der Waals surface area contributed by atoms with Gasteiger partial charge in [0.2, 0.25) is 0 Å². The smallest absolute Gasteiger partial charge is 0.311 e. The summed E-state index contributed by atoms with van der Waals surface area (Å²) in [6.45, 7) is 8.46. The summed E-state index contributed by atoms with van der Waals surface area (Å²) in [5.74, 6) is -0.157. The Morgan fingerprint density at radius 3 is 3.00 bits per heavy atom. The number of carboxylic acids is 1. The van der Waals surface area contributed by atoms with Gasteiger partial charge in [0, 0.05) is 13.1 Å². The minimum atomic E-state index is -0.603. The number of aliphatic carboxylic acids is 1. The topological polar surface area (TPSA) is 40.5 Å². The number of rotatable bonds is 3. The van der Waals surface area contributed by atoms with Crippen molar-refractivity contribution in [2.24, 2.45) is 11.3 Å². The molecule has 3 heteroatoms. The third-order valence-electron chi connectivity index (χ3n) is 3.45. The Bertz CT molecular complexity index is 287. The summed E-state index contributed by atoms with van der Waals surface area (Å²) < 4.78 is 0. The van der Waals surface area contributed by atoms with Crippen LogP contribution in [0.4, 0.5) is 0 Å². The van der Waals surface area contributed by atoms with E-state index in [0.717, 1.165) is 38.0 Å². The lowest BCUT2D eigenvalue weighted by Crippen LogP contribution is -2.41. The van der Waals surface area contributed by atoms with Crippen LogP contribution in [0.5, 0.6) is 0 Å². The molecule has 0 aromatic heterocycles.